The number of piperidine rings is 1. The highest BCUT2D eigenvalue weighted by Gasteiger charge is 2.36. The molecule has 1 aromatic heterocycles. The van der Waals surface area contributed by atoms with E-state index < -0.39 is 23.7 Å². The van der Waals surface area contributed by atoms with Crippen molar-refractivity contribution in [1.82, 2.24) is 9.88 Å². The lowest BCUT2D eigenvalue weighted by molar-refractivity contribution is -0.139. The lowest BCUT2D eigenvalue weighted by Gasteiger charge is -2.29. The molecule has 1 saturated heterocycles. The Bertz CT molecular complexity index is 543. The van der Waals surface area contributed by atoms with Gasteiger partial charge >= 0.3 is 12.3 Å². The van der Waals surface area contributed by atoms with Gasteiger partial charge in [0, 0.05) is 13.1 Å². The van der Waals surface area contributed by atoms with Crippen LogP contribution in [0.15, 0.2) is 12.3 Å². The first-order valence-electron chi connectivity index (χ1n) is 6.68. The Balaban J connectivity index is 2.20. The highest BCUT2D eigenvalue weighted by Crippen LogP contribution is 2.37. The number of hydrogen-bond acceptors (Lipinski definition) is 4. The van der Waals surface area contributed by atoms with E-state index >= 15 is 0 Å². The fourth-order valence-electron chi connectivity index (χ4n) is 2.20. The van der Waals surface area contributed by atoms with Gasteiger partial charge in [0.1, 0.15) is 11.7 Å². The van der Waals surface area contributed by atoms with Crippen molar-refractivity contribution in [2.24, 2.45) is 0 Å². The van der Waals surface area contributed by atoms with Crippen LogP contribution in [0.1, 0.15) is 18.4 Å². The molecule has 6 nitrogen and oxygen atoms in total. The molecule has 0 aromatic carbocycles. The van der Waals surface area contributed by atoms with Crippen molar-refractivity contribution in [3.63, 3.8) is 0 Å². The largest absolute Gasteiger partial charge is 0.474 e. The van der Waals surface area contributed by atoms with Crippen molar-refractivity contribution in [3.05, 3.63) is 17.8 Å². The summed E-state index contributed by atoms with van der Waals surface area (Å²) in [7, 11) is 1.93. The lowest BCUT2D eigenvalue weighted by Crippen LogP contribution is -2.36. The van der Waals surface area contributed by atoms with E-state index in [1.54, 1.807) is 0 Å². The van der Waals surface area contributed by atoms with Crippen molar-refractivity contribution in [2.75, 3.05) is 25.5 Å². The Hall–Kier alpha value is -2.03. The fourth-order valence-corrected chi connectivity index (χ4v) is 2.20. The summed E-state index contributed by atoms with van der Waals surface area (Å²) in [6, 6.07) is 0.686. The highest BCUT2D eigenvalue weighted by atomic mass is 19.4. The van der Waals surface area contributed by atoms with Gasteiger partial charge in [-0.05, 0) is 26.0 Å². The van der Waals surface area contributed by atoms with Crippen LogP contribution in [0, 0.1) is 0 Å². The van der Waals surface area contributed by atoms with Crippen LogP contribution in [0.3, 0.4) is 0 Å². The predicted molar refractivity (Wildman–Crippen MR) is 72.0 cm³/mol. The number of alkyl halides is 3. The fraction of sp³-hybridized carbons (Fsp3) is 0.538. The summed E-state index contributed by atoms with van der Waals surface area (Å²) in [6.45, 7) is 1.48. The molecule has 0 bridgehead atoms. The van der Waals surface area contributed by atoms with Crippen LogP contribution in [0.25, 0.3) is 0 Å². The zero-order chi connectivity index (χ0) is 16.3. The molecule has 22 heavy (non-hydrogen) atoms. The number of anilines is 1. The molecule has 0 unspecified atom stereocenters. The smallest absolute Gasteiger partial charge is 0.421 e. The van der Waals surface area contributed by atoms with Gasteiger partial charge in [-0.3, -0.25) is 5.32 Å². The van der Waals surface area contributed by atoms with E-state index in [0.29, 0.717) is 18.9 Å². The summed E-state index contributed by atoms with van der Waals surface area (Å²) in [5.41, 5.74) is -1.34. The van der Waals surface area contributed by atoms with Gasteiger partial charge in [0.25, 0.3) is 0 Å². The number of rotatable bonds is 3. The van der Waals surface area contributed by atoms with Gasteiger partial charge in [0.15, 0.2) is 0 Å². The van der Waals surface area contributed by atoms with E-state index in [1.165, 1.54) is 0 Å². The third-order valence-electron chi connectivity index (χ3n) is 3.35. The van der Waals surface area contributed by atoms with Crippen LogP contribution in [0.2, 0.25) is 0 Å². The first-order valence-corrected chi connectivity index (χ1v) is 6.68. The van der Waals surface area contributed by atoms with Gasteiger partial charge in [0.05, 0.1) is 11.9 Å². The molecule has 1 fully saturated rings. The number of carbonyl (C=O) groups is 1. The monoisotopic (exact) mass is 319 g/mol. The van der Waals surface area contributed by atoms with Crippen LogP contribution in [0.4, 0.5) is 23.7 Å². The molecule has 122 valence electrons. The maximum Gasteiger partial charge on any atom is 0.421 e. The molecule has 1 aliphatic heterocycles. The predicted octanol–water partition coefficient (Wildman–Crippen LogP) is 2.66. The maximum absolute atomic E-state index is 13.1. The first-order chi connectivity index (χ1) is 10.3. The molecular weight excluding hydrogens is 303 g/mol. The Kier molecular flexibility index (Phi) is 4.74. The Morgan fingerprint density at radius 1 is 1.45 bits per heavy atom. The minimum Gasteiger partial charge on any atom is -0.474 e. The number of pyridine rings is 1. The Labute approximate surface area is 124 Å². The van der Waals surface area contributed by atoms with Gasteiger partial charge in [-0.2, -0.15) is 13.2 Å². The molecule has 0 radical (unpaired) electrons. The normalized spacial score (nSPS) is 17.3. The van der Waals surface area contributed by atoms with E-state index in [0.717, 1.165) is 19.3 Å². The number of nitrogens with zero attached hydrogens (tertiary/aromatic N) is 2. The maximum atomic E-state index is 13.1. The summed E-state index contributed by atoms with van der Waals surface area (Å²) in [6.07, 6.45) is -4.23. The number of hydrogen-bond donors (Lipinski definition) is 2. The summed E-state index contributed by atoms with van der Waals surface area (Å²) in [5, 5.41) is 10.4. The van der Waals surface area contributed by atoms with Gasteiger partial charge < -0.3 is 14.7 Å². The molecule has 1 aromatic rings. The second kappa shape index (κ2) is 6.39. The minimum atomic E-state index is -4.68. The molecule has 0 saturated carbocycles. The molecule has 0 atom stereocenters. The molecule has 0 aliphatic carbocycles. The van der Waals surface area contributed by atoms with E-state index in [1.807, 2.05) is 12.4 Å². The quantitative estimate of drug-likeness (QED) is 0.896. The lowest BCUT2D eigenvalue weighted by atomic mass is 10.1. The van der Waals surface area contributed by atoms with Crippen molar-refractivity contribution < 1.29 is 27.8 Å². The summed E-state index contributed by atoms with van der Waals surface area (Å²) in [5.74, 6) is -0.516. The number of aromatic nitrogens is 1. The summed E-state index contributed by atoms with van der Waals surface area (Å²) >= 11 is 0. The topological polar surface area (TPSA) is 74.7 Å². The molecule has 9 heteroatoms. The van der Waals surface area contributed by atoms with Crippen molar-refractivity contribution in [1.29, 1.82) is 0 Å². The van der Waals surface area contributed by atoms with Crippen molar-refractivity contribution in [2.45, 2.75) is 25.1 Å². The number of likely N-dealkylation sites (tertiary alicyclic amines) is 1. The van der Waals surface area contributed by atoms with Gasteiger partial charge in [-0.15, -0.1) is 0 Å². The minimum absolute atomic E-state index is 0.254. The van der Waals surface area contributed by atoms with Gasteiger partial charge in [-0.1, -0.05) is 0 Å². The van der Waals surface area contributed by atoms with E-state index in [2.05, 4.69) is 9.88 Å². The van der Waals surface area contributed by atoms with Crippen LogP contribution in [-0.4, -0.2) is 47.3 Å². The second-order valence-corrected chi connectivity index (χ2v) is 5.13. The first kappa shape index (κ1) is 16.3. The molecule has 2 rings (SSSR count). The Morgan fingerprint density at radius 3 is 2.64 bits per heavy atom. The number of amides is 1. The van der Waals surface area contributed by atoms with Crippen LogP contribution in [-0.2, 0) is 6.18 Å². The summed E-state index contributed by atoms with van der Waals surface area (Å²) < 4.78 is 44.6. The molecular formula is C13H16F3N3O3. The average molecular weight is 319 g/mol. The van der Waals surface area contributed by atoms with Crippen LogP contribution >= 0.6 is 0 Å². The molecule has 0 spiro atoms. The molecule has 1 aliphatic rings. The van der Waals surface area contributed by atoms with Gasteiger partial charge in [-0.25, -0.2) is 9.78 Å². The standard InChI is InChI=1S/C13H16F3N3O3/c1-19-4-2-9(3-5-19)22-11-10(13(14,15)16)6-8(7-17-11)18-12(20)21/h6-7,9,18H,2-5H2,1H3,(H,20,21). The zero-order valence-corrected chi connectivity index (χ0v) is 11.9. The van der Waals surface area contributed by atoms with E-state index in [9.17, 15) is 18.0 Å². The zero-order valence-electron chi connectivity index (χ0n) is 11.9. The SMILES string of the molecule is CN1CCC(Oc2ncc(NC(=O)O)cc2C(F)(F)F)CC1. The average Bonchev–Trinajstić information content (AvgIpc) is 2.41. The number of halogens is 3. The van der Waals surface area contributed by atoms with Crippen LogP contribution in [0.5, 0.6) is 5.88 Å². The van der Waals surface area contributed by atoms with Crippen molar-refractivity contribution in [3.8, 4) is 5.88 Å². The van der Waals surface area contributed by atoms with E-state index in [4.69, 9.17) is 9.84 Å². The van der Waals surface area contributed by atoms with Gasteiger partial charge in [0.2, 0.25) is 5.88 Å². The highest BCUT2D eigenvalue weighted by molar-refractivity contribution is 5.82. The number of nitrogens with one attached hydrogen (secondary N) is 1. The molecule has 2 N–H and O–H groups in total. The summed E-state index contributed by atoms with van der Waals surface area (Å²) in [4.78, 5) is 16.2. The molecule has 2 heterocycles. The third kappa shape index (κ3) is 4.23. The second-order valence-electron chi connectivity index (χ2n) is 5.13. The molecule has 1 amide bonds. The van der Waals surface area contributed by atoms with Crippen molar-refractivity contribution >= 4 is 11.8 Å². The number of carboxylic acid groups (broad SMARTS) is 1. The Morgan fingerprint density at radius 2 is 2.09 bits per heavy atom. The van der Waals surface area contributed by atoms with Crippen LogP contribution < -0.4 is 10.1 Å². The van der Waals surface area contributed by atoms with E-state index in [-0.39, 0.29) is 11.8 Å². The third-order valence-corrected chi connectivity index (χ3v) is 3.35. The number of ether oxygens (including phenoxy) is 1.